The number of anilines is 3. The molecule has 0 radical (unpaired) electrons. The number of amides is 1. The lowest BCUT2D eigenvalue weighted by Crippen LogP contribution is -2.43. The number of hydrogen-bond acceptors (Lipinski definition) is 7. The van der Waals surface area contributed by atoms with Crippen LogP contribution in [0.15, 0.2) is 18.2 Å². The average molecular weight is 333 g/mol. The molecule has 8 heteroatoms. The van der Waals surface area contributed by atoms with E-state index in [0.717, 1.165) is 22.9 Å². The van der Waals surface area contributed by atoms with Crippen LogP contribution < -0.4 is 20.7 Å². The Kier molecular flexibility index (Phi) is 4.33. The first-order chi connectivity index (χ1) is 11.0. The second-order valence-corrected chi connectivity index (χ2v) is 6.61. The van der Waals surface area contributed by atoms with Crippen LogP contribution in [0, 0.1) is 6.92 Å². The van der Waals surface area contributed by atoms with Gasteiger partial charge in [0, 0.05) is 11.8 Å². The third-order valence-electron chi connectivity index (χ3n) is 3.60. The fourth-order valence-electron chi connectivity index (χ4n) is 2.49. The summed E-state index contributed by atoms with van der Waals surface area (Å²) in [6.45, 7) is 4.80. The van der Waals surface area contributed by atoms with Crippen LogP contribution in [-0.2, 0) is 4.79 Å². The Morgan fingerprint density at radius 1 is 1.52 bits per heavy atom. The molecule has 1 atom stereocenters. The second kappa shape index (κ2) is 6.41. The van der Waals surface area contributed by atoms with Crippen molar-refractivity contribution in [3.8, 4) is 5.75 Å². The summed E-state index contributed by atoms with van der Waals surface area (Å²) in [4.78, 5) is 14.3. The molecule has 3 rings (SSSR count). The number of nitrogens with one attached hydrogen (secondary N) is 1. The summed E-state index contributed by atoms with van der Waals surface area (Å²) >= 11 is 1.36. The quantitative estimate of drug-likeness (QED) is 0.832. The molecule has 0 fully saturated rings. The highest BCUT2D eigenvalue weighted by atomic mass is 32.1. The number of aromatic nitrogens is 2. The minimum Gasteiger partial charge on any atom is -0.486 e. The van der Waals surface area contributed by atoms with E-state index in [1.165, 1.54) is 11.3 Å². The first-order valence-electron chi connectivity index (χ1n) is 7.46. The Bertz CT molecular complexity index is 718. The molecule has 0 spiro atoms. The molecule has 3 N–H and O–H groups in total. The third-order valence-corrected chi connectivity index (χ3v) is 4.36. The first kappa shape index (κ1) is 15.5. The number of nitrogen functional groups attached to an aromatic ring is 1. The Labute approximate surface area is 138 Å². The van der Waals surface area contributed by atoms with E-state index in [-0.39, 0.29) is 18.6 Å². The number of nitrogens with zero attached hydrogens (tertiary/aromatic N) is 3. The summed E-state index contributed by atoms with van der Waals surface area (Å²) in [5.41, 5.74) is 7.36. The van der Waals surface area contributed by atoms with Crippen molar-refractivity contribution in [1.82, 2.24) is 10.2 Å². The maximum Gasteiger partial charge on any atom is 0.245 e. The molecule has 0 aliphatic carbocycles. The SMILES string of the molecule is CCC1CN(CC(=O)Nc2nnc(C)s2)c2ccc(N)cc2O1. The normalized spacial score (nSPS) is 16.6. The van der Waals surface area contributed by atoms with E-state index < -0.39 is 0 Å². The fraction of sp³-hybridized carbons (Fsp3) is 0.400. The van der Waals surface area contributed by atoms with Crippen LogP contribution in [0.2, 0.25) is 0 Å². The monoisotopic (exact) mass is 333 g/mol. The van der Waals surface area contributed by atoms with Crippen LogP contribution in [0.25, 0.3) is 0 Å². The molecule has 1 aromatic carbocycles. The van der Waals surface area contributed by atoms with Crippen molar-refractivity contribution in [2.75, 3.05) is 29.0 Å². The molecule has 1 amide bonds. The fourth-order valence-corrected chi connectivity index (χ4v) is 3.10. The van der Waals surface area contributed by atoms with E-state index in [1.54, 1.807) is 6.07 Å². The molecule has 1 aromatic heterocycles. The van der Waals surface area contributed by atoms with Gasteiger partial charge in [0.25, 0.3) is 0 Å². The number of nitrogens with two attached hydrogens (primary N) is 1. The second-order valence-electron chi connectivity index (χ2n) is 5.43. The molecule has 0 saturated carbocycles. The molecule has 0 saturated heterocycles. The third kappa shape index (κ3) is 3.53. The molecule has 0 bridgehead atoms. The van der Waals surface area contributed by atoms with E-state index in [0.29, 0.717) is 17.4 Å². The van der Waals surface area contributed by atoms with E-state index in [4.69, 9.17) is 10.5 Å². The van der Waals surface area contributed by atoms with Gasteiger partial charge in [0.2, 0.25) is 11.0 Å². The van der Waals surface area contributed by atoms with Gasteiger partial charge in [-0.25, -0.2) is 0 Å². The number of fused-ring (bicyclic) bond motifs is 1. The first-order valence-corrected chi connectivity index (χ1v) is 8.28. The lowest BCUT2D eigenvalue weighted by Gasteiger charge is -2.35. The lowest BCUT2D eigenvalue weighted by atomic mass is 10.1. The summed E-state index contributed by atoms with van der Waals surface area (Å²) < 4.78 is 5.92. The van der Waals surface area contributed by atoms with Crippen LogP contribution >= 0.6 is 11.3 Å². The van der Waals surface area contributed by atoms with Crippen molar-refractivity contribution < 1.29 is 9.53 Å². The van der Waals surface area contributed by atoms with Gasteiger partial charge in [-0.3, -0.25) is 10.1 Å². The van der Waals surface area contributed by atoms with Crippen molar-refractivity contribution >= 4 is 33.8 Å². The number of carbonyl (C=O) groups is 1. The smallest absolute Gasteiger partial charge is 0.245 e. The van der Waals surface area contributed by atoms with Crippen LogP contribution in [-0.4, -0.2) is 35.3 Å². The van der Waals surface area contributed by atoms with E-state index in [1.807, 2.05) is 24.0 Å². The number of ether oxygens (including phenoxy) is 1. The Hall–Kier alpha value is -2.35. The van der Waals surface area contributed by atoms with Crippen LogP contribution in [0.5, 0.6) is 5.75 Å². The van der Waals surface area contributed by atoms with Gasteiger partial charge >= 0.3 is 0 Å². The standard InChI is InChI=1S/C15H19N5O2S/c1-3-11-7-20(12-5-4-10(16)6-13(12)22-11)8-14(21)17-15-19-18-9(2)23-15/h4-6,11H,3,7-8,16H2,1-2H3,(H,17,19,21). The van der Waals surface area contributed by atoms with Gasteiger partial charge in [0.05, 0.1) is 18.8 Å². The van der Waals surface area contributed by atoms with Crippen molar-refractivity contribution in [2.24, 2.45) is 0 Å². The number of carbonyl (C=O) groups excluding carboxylic acids is 1. The number of rotatable bonds is 4. The molecule has 1 aliphatic heterocycles. The van der Waals surface area contributed by atoms with Crippen molar-refractivity contribution in [3.63, 3.8) is 0 Å². The molecular weight excluding hydrogens is 314 g/mol. The van der Waals surface area contributed by atoms with Gasteiger partial charge in [-0.1, -0.05) is 18.3 Å². The van der Waals surface area contributed by atoms with E-state index >= 15 is 0 Å². The summed E-state index contributed by atoms with van der Waals surface area (Å²) in [7, 11) is 0. The van der Waals surface area contributed by atoms with Gasteiger partial charge in [-0.15, -0.1) is 10.2 Å². The highest BCUT2D eigenvalue weighted by Crippen LogP contribution is 2.35. The minimum absolute atomic E-state index is 0.0425. The van der Waals surface area contributed by atoms with Gasteiger partial charge in [0.15, 0.2) is 0 Å². The zero-order valence-corrected chi connectivity index (χ0v) is 13.9. The Balaban J connectivity index is 1.75. The highest BCUT2D eigenvalue weighted by Gasteiger charge is 2.26. The van der Waals surface area contributed by atoms with Gasteiger partial charge < -0.3 is 15.4 Å². The highest BCUT2D eigenvalue weighted by molar-refractivity contribution is 7.15. The molecule has 7 nitrogen and oxygen atoms in total. The lowest BCUT2D eigenvalue weighted by molar-refractivity contribution is -0.115. The molecule has 23 heavy (non-hydrogen) atoms. The number of hydrogen-bond donors (Lipinski definition) is 2. The average Bonchev–Trinajstić information content (AvgIpc) is 2.91. The van der Waals surface area contributed by atoms with Crippen LogP contribution in [0.1, 0.15) is 18.4 Å². The van der Waals surface area contributed by atoms with Gasteiger partial charge in [0.1, 0.15) is 16.9 Å². The Morgan fingerprint density at radius 2 is 2.35 bits per heavy atom. The Morgan fingerprint density at radius 3 is 3.04 bits per heavy atom. The van der Waals surface area contributed by atoms with Crippen molar-refractivity contribution in [1.29, 1.82) is 0 Å². The molecular formula is C15H19N5O2S. The van der Waals surface area contributed by atoms with Gasteiger partial charge in [-0.2, -0.15) is 0 Å². The van der Waals surface area contributed by atoms with Crippen molar-refractivity contribution in [3.05, 3.63) is 23.2 Å². The van der Waals surface area contributed by atoms with Crippen LogP contribution in [0.4, 0.5) is 16.5 Å². The number of aryl methyl sites for hydroxylation is 1. The summed E-state index contributed by atoms with van der Waals surface area (Å²) in [6.07, 6.45) is 0.906. The minimum atomic E-state index is -0.124. The molecule has 1 aliphatic rings. The molecule has 122 valence electrons. The zero-order valence-electron chi connectivity index (χ0n) is 13.1. The number of benzene rings is 1. The van der Waals surface area contributed by atoms with E-state index in [9.17, 15) is 4.79 Å². The maximum atomic E-state index is 12.3. The van der Waals surface area contributed by atoms with Gasteiger partial charge in [-0.05, 0) is 25.5 Å². The largest absolute Gasteiger partial charge is 0.486 e. The maximum absolute atomic E-state index is 12.3. The summed E-state index contributed by atoms with van der Waals surface area (Å²) in [6, 6.07) is 5.50. The van der Waals surface area contributed by atoms with Crippen molar-refractivity contribution in [2.45, 2.75) is 26.4 Å². The van der Waals surface area contributed by atoms with E-state index in [2.05, 4.69) is 22.4 Å². The topological polar surface area (TPSA) is 93.4 Å². The van der Waals surface area contributed by atoms with Crippen LogP contribution in [0.3, 0.4) is 0 Å². The zero-order chi connectivity index (χ0) is 16.4. The summed E-state index contributed by atoms with van der Waals surface area (Å²) in [5.74, 6) is 0.600. The predicted octanol–water partition coefficient (Wildman–Crippen LogP) is 2.04. The predicted molar refractivity (Wildman–Crippen MR) is 91.1 cm³/mol. The molecule has 2 aromatic rings. The molecule has 2 heterocycles. The molecule has 1 unspecified atom stereocenters. The summed E-state index contributed by atoms with van der Waals surface area (Å²) in [5, 5.41) is 11.9.